The Morgan fingerprint density at radius 2 is 1.75 bits per heavy atom. The van der Waals surface area contributed by atoms with Crippen LogP contribution in [-0.4, -0.2) is 112 Å². The summed E-state index contributed by atoms with van der Waals surface area (Å²) in [5.74, 6) is 5.63. The van der Waals surface area contributed by atoms with E-state index in [0.717, 1.165) is 42.7 Å². The van der Waals surface area contributed by atoms with E-state index in [2.05, 4.69) is 81.6 Å². The Bertz CT molecular complexity index is 3160. The van der Waals surface area contributed by atoms with Gasteiger partial charge in [-0.2, -0.15) is 8.62 Å². The third-order valence-electron chi connectivity index (χ3n) is 10.9. The third kappa shape index (κ3) is 12.1. The first-order valence-corrected chi connectivity index (χ1v) is 26.3. The lowest BCUT2D eigenvalue weighted by molar-refractivity contribution is -0.121. The summed E-state index contributed by atoms with van der Waals surface area (Å²) in [6.07, 6.45) is 2.54. The van der Waals surface area contributed by atoms with Gasteiger partial charge in [0.05, 0.1) is 30.2 Å². The highest BCUT2D eigenvalue weighted by molar-refractivity contribution is 7.66. The summed E-state index contributed by atoms with van der Waals surface area (Å²) in [5, 5.41) is 5.34. The van der Waals surface area contributed by atoms with Crippen molar-refractivity contribution in [3.63, 3.8) is 0 Å². The Balaban J connectivity index is 0.967. The third-order valence-corrected chi connectivity index (χ3v) is 15.8. The number of amides is 2. The van der Waals surface area contributed by atoms with E-state index in [1.807, 2.05) is 52.5 Å². The van der Waals surface area contributed by atoms with Crippen LogP contribution in [-0.2, 0) is 36.4 Å². The first kappa shape index (κ1) is 50.5. The van der Waals surface area contributed by atoms with Crippen LogP contribution in [0.4, 0.5) is 11.5 Å². The number of ether oxygens (including phenoxy) is 1. The second kappa shape index (κ2) is 20.7. The summed E-state index contributed by atoms with van der Waals surface area (Å²) in [7, 11) is -6.79. The monoisotopic (exact) mass is 1010 g/mol. The Morgan fingerprint density at radius 1 is 0.985 bits per heavy atom. The van der Waals surface area contributed by atoms with Crippen LogP contribution in [0.15, 0.2) is 73.2 Å². The van der Waals surface area contributed by atoms with Crippen LogP contribution in [0.3, 0.4) is 0 Å². The zero-order chi connectivity index (χ0) is 49.1. The number of nitrogens with one attached hydrogen (secondary N) is 1. The highest BCUT2D eigenvalue weighted by Crippen LogP contribution is 2.66. The fraction of sp³-hybridized carbons (Fsp3) is 0.326. The van der Waals surface area contributed by atoms with Crippen molar-refractivity contribution in [1.29, 1.82) is 0 Å². The Morgan fingerprint density at radius 3 is 2.49 bits per heavy atom. The maximum absolute atomic E-state index is 14.2. The molecule has 4 aromatic rings. The molecule has 0 saturated carbocycles. The number of hydrogen-bond acceptors (Lipinski definition) is 14. The van der Waals surface area contributed by atoms with E-state index in [-0.39, 0.29) is 37.0 Å². The molecule has 4 atom stereocenters. The van der Waals surface area contributed by atoms with Crippen LogP contribution >= 0.6 is 34.8 Å². The van der Waals surface area contributed by atoms with E-state index >= 15 is 0 Å². The second-order valence-electron chi connectivity index (χ2n) is 16.2. The number of fused-ring (bicyclic) bond motifs is 3. The second-order valence-corrected chi connectivity index (χ2v) is 21.7. The normalized spacial score (nSPS) is 16.8. The number of carbonyl (C=O) groups is 2. The van der Waals surface area contributed by atoms with Crippen molar-refractivity contribution in [2.75, 3.05) is 65.6 Å². The predicted molar refractivity (Wildman–Crippen MR) is 256 cm³/mol. The summed E-state index contributed by atoms with van der Waals surface area (Å²) < 4.78 is 57.8. The van der Waals surface area contributed by atoms with Crippen molar-refractivity contribution < 1.29 is 60.7 Å². The zero-order valence-electron chi connectivity index (χ0n) is 37.5. The molecule has 2 amide bonds. The van der Waals surface area contributed by atoms with Gasteiger partial charge in [-0.15, -0.1) is 11.3 Å². The van der Waals surface area contributed by atoms with Crippen LogP contribution in [0.25, 0.3) is 42.7 Å². The van der Waals surface area contributed by atoms with Gasteiger partial charge in [-0.05, 0) is 54.7 Å². The predicted octanol–water partition coefficient (Wildman–Crippen LogP) is 5.14. The molecule has 4 heterocycles. The van der Waals surface area contributed by atoms with Crippen molar-refractivity contribution in [3.05, 3.63) is 89.7 Å². The highest BCUT2D eigenvalue weighted by atomic mass is 32.1. The number of phosphoric ester groups is 1. The van der Waals surface area contributed by atoms with Crippen LogP contribution in [0.1, 0.15) is 47.8 Å². The maximum atomic E-state index is 14.2. The van der Waals surface area contributed by atoms with Gasteiger partial charge in [0.15, 0.2) is 0 Å². The molecule has 68 heavy (non-hydrogen) atoms. The maximum Gasteiger partial charge on any atom is 0.490 e. The fourth-order valence-corrected chi connectivity index (χ4v) is 11.9. The lowest BCUT2D eigenvalue weighted by atomic mass is 9.91. The smallest absolute Gasteiger partial charge is 0.383 e. The minimum Gasteiger partial charge on any atom is -0.383 e. The molecule has 1 saturated heterocycles. The molecule has 0 bridgehead atoms. The number of carbonyl (C=O) groups excluding carboxylic acids is 2. The molecule has 7 rings (SSSR count). The topological polar surface area (TPSA) is 281 Å². The lowest BCUT2D eigenvalue weighted by Gasteiger charge is -2.22. The molecule has 2 aliphatic heterocycles. The average Bonchev–Trinajstić information content (AvgIpc) is 3.90. The number of rotatable bonds is 16. The number of benzene rings is 3. The molecule has 21 nitrogen and oxygen atoms in total. The van der Waals surface area contributed by atoms with Crippen molar-refractivity contribution in [1.82, 2.24) is 29.3 Å². The number of phosphoric acid groups is 3. The molecule has 3 aliphatic rings. The minimum absolute atomic E-state index is 0.00420. The summed E-state index contributed by atoms with van der Waals surface area (Å²) in [6, 6.07) is 20.4. The summed E-state index contributed by atoms with van der Waals surface area (Å²) in [6.45, 7) is -0.288. The number of nitrogens with zero attached hydrogens (tertiary/aromatic N) is 6. The average molecular weight is 1010 g/mol. The van der Waals surface area contributed by atoms with Gasteiger partial charge in [-0.1, -0.05) is 36.1 Å². The quantitative estimate of drug-likeness (QED) is 0.0317. The van der Waals surface area contributed by atoms with E-state index in [4.69, 9.17) is 24.8 Å². The standard InChI is InChI=1S/C43H49N8O13P3S/c1-48(2)28-14-17-33-35(22-28)68-36-23-29(49(3)4)15-18-34(36)40(33)31-11-6-7-12-32(31)43(53)50(5)21-9-13-37(52)45-20-8-10-27-24-51(42-39(27)41(44)46-26-47-42)38-19-16-30(62-38)25-61-66(57,58)64-67(59,60)63-65(54,55)56/h6-7,11-12,14-15,17-18,22-24,26,30,38H,9,13,16,19-21,25H2,1-5H3,(H6-,44,45,46,47,52,54,55,56,57,58,59,60)/p+1/t30-,38+/m0/s1. The molecule has 2 aromatic heterocycles. The van der Waals surface area contributed by atoms with Crippen LogP contribution in [0, 0.1) is 11.8 Å². The van der Waals surface area contributed by atoms with Crippen LogP contribution < -0.4 is 25.9 Å². The molecule has 25 heteroatoms. The summed E-state index contributed by atoms with van der Waals surface area (Å²) in [5.41, 5.74) is 11.5. The fourth-order valence-electron chi connectivity index (χ4n) is 7.67. The minimum atomic E-state index is -5.68. The Labute approximate surface area is 394 Å². The number of anilines is 2. The lowest BCUT2D eigenvalue weighted by Crippen LogP contribution is -2.30. The van der Waals surface area contributed by atoms with Crippen LogP contribution in [0.2, 0.25) is 0 Å². The molecular formula is C43H50N8O13P3S+. The number of nitrogen functional groups attached to an aromatic ring is 1. The van der Waals surface area contributed by atoms with Gasteiger partial charge in [0.25, 0.3) is 5.91 Å². The number of aromatic nitrogens is 3. The van der Waals surface area contributed by atoms with Gasteiger partial charge in [0.1, 0.15) is 38.1 Å². The van der Waals surface area contributed by atoms with E-state index < -0.39 is 42.4 Å². The van der Waals surface area contributed by atoms with Gasteiger partial charge in [0.2, 0.25) is 11.3 Å². The van der Waals surface area contributed by atoms with E-state index in [1.54, 1.807) is 34.0 Å². The first-order valence-electron chi connectivity index (χ1n) is 20.9. The molecule has 7 N–H and O–H groups in total. The molecule has 2 aromatic carbocycles. The van der Waals surface area contributed by atoms with Gasteiger partial charge < -0.3 is 49.7 Å². The van der Waals surface area contributed by atoms with Crippen molar-refractivity contribution >= 4 is 79.2 Å². The van der Waals surface area contributed by atoms with Gasteiger partial charge in [-0.25, -0.2) is 28.2 Å². The Hall–Kier alpha value is -5.36. The largest absolute Gasteiger partial charge is 0.490 e. The van der Waals surface area contributed by atoms with Gasteiger partial charge >= 0.3 is 23.5 Å². The zero-order valence-corrected chi connectivity index (χ0v) is 41.0. The molecule has 360 valence electrons. The molecule has 2 unspecified atom stereocenters. The number of nitrogens with two attached hydrogens (primary N) is 1. The molecular weight excluding hydrogens is 962 g/mol. The summed E-state index contributed by atoms with van der Waals surface area (Å²) in [4.78, 5) is 77.1. The Kier molecular flexibility index (Phi) is 15.4. The number of hydrogen-bond donors (Lipinski definition) is 6. The van der Waals surface area contributed by atoms with Crippen molar-refractivity contribution in [3.8, 4) is 33.4 Å². The molecule has 0 spiro atoms. The SMILES string of the molecule is CN(CCCC(=O)NCC#Cc1cn([C@H]2CC[C@@H](COP(=O)(O)OP(=O)(O)OP(=O)(O)O)O2)c2ncnc(N)c12)C(=O)c1ccccc1-c1c2ccc(=[N+](C)C)cc-2sc2cc(N(C)C)ccc12. The van der Waals surface area contributed by atoms with Crippen LogP contribution in [0.5, 0.6) is 0 Å². The van der Waals surface area contributed by atoms with E-state index in [9.17, 15) is 33.1 Å². The van der Waals surface area contributed by atoms with Crippen molar-refractivity contribution in [2.24, 2.45) is 0 Å². The first-order chi connectivity index (χ1) is 32.1. The molecule has 1 fully saturated rings. The highest BCUT2D eigenvalue weighted by Gasteiger charge is 2.41. The van der Waals surface area contributed by atoms with Crippen molar-refractivity contribution in [2.45, 2.75) is 38.0 Å². The summed E-state index contributed by atoms with van der Waals surface area (Å²) >= 11 is 1.72. The van der Waals surface area contributed by atoms with Gasteiger partial charge in [0, 0.05) is 84.2 Å². The molecule has 0 radical (unpaired) electrons. The van der Waals surface area contributed by atoms with E-state index in [1.165, 1.54) is 6.33 Å². The van der Waals surface area contributed by atoms with E-state index in [0.29, 0.717) is 41.5 Å². The molecule has 1 aliphatic carbocycles. The van der Waals surface area contributed by atoms with Gasteiger partial charge in [-0.3, -0.25) is 14.1 Å².